The number of aromatic nitrogens is 2. The monoisotopic (exact) mass is 416 g/mol. The molecule has 0 radical (unpaired) electrons. The van der Waals surface area contributed by atoms with Crippen LogP contribution in [0.2, 0.25) is 0 Å². The highest BCUT2D eigenvalue weighted by molar-refractivity contribution is 5.93. The number of nitrogens with one attached hydrogen (secondary N) is 3. The summed E-state index contributed by atoms with van der Waals surface area (Å²) in [5.74, 6) is -3.45. The van der Waals surface area contributed by atoms with Crippen LogP contribution in [0.4, 0.5) is 0 Å². The van der Waals surface area contributed by atoms with Gasteiger partial charge in [-0.1, -0.05) is 30.3 Å². The van der Waals surface area contributed by atoms with Crippen LogP contribution in [0, 0.1) is 0 Å². The first-order chi connectivity index (χ1) is 14.3. The summed E-state index contributed by atoms with van der Waals surface area (Å²) >= 11 is 0. The number of aromatic amines is 1. The summed E-state index contributed by atoms with van der Waals surface area (Å²) in [4.78, 5) is 54.3. The number of imidazole rings is 1. The van der Waals surface area contributed by atoms with Crippen molar-refractivity contribution in [3.8, 4) is 0 Å². The van der Waals surface area contributed by atoms with Crippen LogP contribution >= 0.6 is 0 Å². The normalized spacial score (nSPS) is 13.6. The van der Waals surface area contributed by atoms with Gasteiger partial charge in [0, 0.05) is 24.7 Å². The van der Waals surface area contributed by atoms with Crippen LogP contribution in [0.25, 0.3) is 0 Å². The third-order valence-corrected chi connectivity index (χ3v) is 4.27. The lowest BCUT2D eigenvalue weighted by Crippen LogP contribution is -2.56. The van der Waals surface area contributed by atoms with Crippen molar-refractivity contribution in [3.63, 3.8) is 0 Å². The molecular weight excluding hydrogens is 392 g/mol. The predicted molar refractivity (Wildman–Crippen MR) is 106 cm³/mol. The molecule has 160 valence electrons. The van der Waals surface area contributed by atoms with E-state index in [1.54, 1.807) is 30.3 Å². The van der Waals surface area contributed by atoms with E-state index in [1.807, 2.05) is 0 Å². The molecule has 0 aliphatic carbocycles. The molecule has 0 bridgehead atoms. The van der Waals surface area contributed by atoms with Crippen molar-refractivity contribution in [2.24, 2.45) is 11.5 Å². The number of benzene rings is 1. The number of hydrogen-bond donors (Lipinski definition) is 6. The van der Waals surface area contributed by atoms with E-state index in [0.717, 1.165) is 5.56 Å². The second-order valence-corrected chi connectivity index (χ2v) is 6.71. The number of carboxylic acids is 1. The van der Waals surface area contributed by atoms with E-state index in [2.05, 4.69) is 20.6 Å². The van der Waals surface area contributed by atoms with Crippen molar-refractivity contribution in [1.29, 1.82) is 0 Å². The van der Waals surface area contributed by atoms with Crippen LogP contribution in [-0.4, -0.2) is 56.9 Å². The van der Waals surface area contributed by atoms with Crippen LogP contribution in [-0.2, 0) is 32.0 Å². The molecule has 0 saturated heterocycles. The van der Waals surface area contributed by atoms with Gasteiger partial charge in [-0.25, -0.2) is 9.78 Å². The average Bonchev–Trinajstić information content (AvgIpc) is 3.20. The molecule has 1 heterocycles. The van der Waals surface area contributed by atoms with Gasteiger partial charge in [-0.2, -0.15) is 0 Å². The molecule has 1 aromatic carbocycles. The minimum Gasteiger partial charge on any atom is -0.480 e. The molecule has 3 unspecified atom stereocenters. The molecule has 0 saturated carbocycles. The summed E-state index contributed by atoms with van der Waals surface area (Å²) in [6, 6.07) is 5.27. The van der Waals surface area contributed by atoms with Gasteiger partial charge in [0.05, 0.1) is 18.8 Å². The average molecular weight is 416 g/mol. The molecule has 30 heavy (non-hydrogen) atoms. The first-order valence-electron chi connectivity index (χ1n) is 9.15. The highest BCUT2D eigenvalue weighted by Gasteiger charge is 2.29. The zero-order chi connectivity index (χ0) is 22.1. The van der Waals surface area contributed by atoms with Crippen molar-refractivity contribution < 1.29 is 24.3 Å². The number of carbonyl (C=O) groups is 4. The fourth-order valence-corrected chi connectivity index (χ4v) is 2.74. The number of carboxylic acid groups (broad SMARTS) is 1. The van der Waals surface area contributed by atoms with Crippen LogP contribution in [0.15, 0.2) is 42.9 Å². The molecule has 11 nitrogen and oxygen atoms in total. The van der Waals surface area contributed by atoms with Gasteiger partial charge in [0.15, 0.2) is 0 Å². The maximum Gasteiger partial charge on any atom is 0.326 e. The Labute approximate surface area is 172 Å². The second kappa shape index (κ2) is 10.7. The lowest BCUT2D eigenvalue weighted by molar-refractivity contribution is -0.142. The number of aliphatic carboxylic acids is 1. The van der Waals surface area contributed by atoms with Crippen molar-refractivity contribution in [2.75, 3.05) is 0 Å². The minimum atomic E-state index is -1.24. The highest BCUT2D eigenvalue weighted by Crippen LogP contribution is 2.06. The zero-order valence-electron chi connectivity index (χ0n) is 16.1. The zero-order valence-corrected chi connectivity index (χ0v) is 16.1. The van der Waals surface area contributed by atoms with Gasteiger partial charge < -0.3 is 32.2 Å². The van der Waals surface area contributed by atoms with Crippen molar-refractivity contribution in [2.45, 2.75) is 37.4 Å². The Kier molecular flexibility index (Phi) is 8.06. The molecule has 0 aliphatic heterocycles. The standard InChI is InChI=1S/C19H24N6O5/c20-13(8-16(21)26)17(27)24-14(6-11-4-2-1-3-5-11)18(28)25-15(19(29)30)7-12-9-22-10-23-12/h1-5,9-10,13-15H,6-8,20H2,(H2,21,26)(H,22,23)(H,24,27)(H,25,28)(H,29,30). The smallest absolute Gasteiger partial charge is 0.326 e. The summed E-state index contributed by atoms with van der Waals surface area (Å²) in [5, 5.41) is 14.4. The molecule has 2 aromatic rings. The quantitative estimate of drug-likeness (QED) is 0.255. The van der Waals surface area contributed by atoms with E-state index in [1.165, 1.54) is 12.5 Å². The van der Waals surface area contributed by atoms with Gasteiger partial charge in [-0.3, -0.25) is 14.4 Å². The number of nitrogens with two attached hydrogens (primary N) is 2. The van der Waals surface area contributed by atoms with Crippen molar-refractivity contribution >= 4 is 23.7 Å². The predicted octanol–water partition coefficient (Wildman–Crippen LogP) is -1.55. The van der Waals surface area contributed by atoms with Crippen molar-refractivity contribution in [1.82, 2.24) is 20.6 Å². The fourth-order valence-electron chi connectivity index (χ4n) is 2.74. The summed E-state index contributed by atoms with van der Waals surface area (Å²) in [5.41, 5.74) is 12.0. The molecule has 11 heteroatoms. The molecule has 3 atom stereocenters. The molecule has 2 rings (SSSR count). The van der Waals surface area contributed by atoms with Crippen LogP contribution in [0.5, 0.6) is 0 Å². The van der Waals surface area contributed by atoms with Gasteiger partial charge >= 0.3 is 5.97 Å². The van der Waals surface area contributed by atoms with Crippen LogP contribution < -0.4 is 22.1 Å². The van der Waals surface area contributed by atoms with E-state index < -0.39 is 41.8 Å². The van der Waals surface area contributed by atoms with Crippen LogP contribution in [0.1, 0.15) is 17.7 Å². The van der Waals surface area contributed by atoms with Crippen molar-refractivity contribution in [3.05, 3.63) is 54.1 Å². The fraction of sp³-hybridized carbons (Fsp3) is 0.316. The molecule has 0 aliphatic rings. The Morgan fingerprint density at radius 2 is 1.70 bits per heavy atom. The molecular formula is C19H24N6O5. The number of nitrogens with zero attached hydrogens (tertiary/aromatic N) is 1. The molecule has 8 N–H and O–H groups in total. The summed E-state index contributed by atoms with van der Waals surface area (Å²) in [6.45, 7) is 0. The third-order valence-electron chi connectivity index (χ3n) is 4.27. The lowest BCUT2D eigenvalue weighted by atomic mass is 10.0. The summed E-state index contributed by atoms with van der Waals surface area (Å²) < 4.78 is 0. The van der Waals surface area contributed by atoms with Crippen LogP contribution in [0.3, 0.4) is 0 Å². The van der Waals surface area contributed by atoms with E-state index in [0.29, 0.717) is 5.69 Å². The molecule has 0 fully saturated rings. The maximum absolute atomic E-state index is 12.8. The summed E-state index contributed by atoms with van der Waals surface area (Å²) in [6.07, 6.45) is 2.54. The van der Waals surface area contributed by atoms with Gasteiger partial charge in [-0.15, -0.1) is 0 Å². The highest BCUT2D eigenvalue weighted by atomic mass is 16.4. The third kappa shape index (κ3) is 7.02. The molecule has 3 amide bonds. The van der Waals surface area contributed by atoms with E-state index in [4.69, 9.17) is 11.5 Å². The number of H-pyrrole nitrogens is 1. The first-order valence-corrected chi connectivity index (χ1v) is 9.15. The Morgan fingerprint density at radius 3 is 2.27 bits per heavy atom. The minimum absolute atomic E-state index is 0.0196. The Bertz CT molecular complexity index is 871. The Hall–Kier alpha value is -3.73. The van der Waals surface area contributed by atoms with Gasteiger partial charge in [0.2, 0.25) is 17.7 Å². The number of hydrogen-bond acceptors (Lipinski definition) is 6. The Morgan fingerprint density at radius 1 is 1.03 bits per heavy atom. The largest absolute Gasteiger partial charge is 0.480 e. The number of primary amides is 1. The van der Waals surface area contributed by atoms with E-state index in [-0.39, 0.29) is 19.3 Å². The second-order valence-electron chi connectivity index (χ2n) is 6.71. The number of rotatable bonds is 11. The molecule has 0 spiro atoms. The maximum atomic E-state index is 12.8. The number of amides is 3. The molecule has 1 aromatic heterocycles. The van der Waals surface area contributed by atoms with E-state index in [9.17, 15) is 24.3 Å². The first kappa shape index (κ1) is 22.6. The van der Waals surface area contributed by atoms with Gasteiger partial charge in [-0.05, 0) is 5.56 Å². The van der Waals surface area contributed by atoms with E-state index >= 15 is 0 Å². The summed E-state index contributed by atoms with van der Waals surface area (Å²) in [7, 11) is 0. The van der Waals surface area contributed by atoms with Gasteiger partial charge in [0.1, 0.15) is 12.1 Å². The van der Waals surface area contributed by atoms with Gasteiger partial charge in [0.25, 0.3) is 0 Å². The lowest BCUT2D eigenvalue weighted by Gasteiger charge is -2.22. The Balaban J connectivity index is 2.14. The number of carbonyl (C=O) groups excluding carboxylic acids is 3. The topological polar surface area (TPSA) is 193 Å². The SMILES string of the molecule is NC(=O)CC(N)C(=O)NC(Cc1ccccc1)C(=O)NC(Cc1cnc[nH]1)C(=O)O.